The molecular formula is C16H10ClFOS. The highest BCUT2D eigenvalue weighted by atomic mass is 35.5. The molecule has 1 heterocycles. The van der Waals surface area contributed by atoms with E-state index in [1.807, 2.05) is 18.2 Å². The molecule has 20 heavy (non-hydrogen) atoms. The lowest BCUT2D eigenvalue weighted by molar-refractivity contribution is 0.0997. The zero-order valence-electron chi connectivity index (χ0n) is 10.4. The van der Waals surface area contributed by atoms with Gasteiger partial charge in [0.25, 0.3) is 0 Å². The minimum Gasteiger partial charge on any atom is -0.293 e. The summed E-state index contributed by atoms with van der Waals surface area (Å²) in [5.41, 5.74) is 0.808. The quantitative estimate of drug-likeness (QED) is 0.614. The number of carbonyl (C=O) groups is 1. The number of ketones is 1. The molecule has 0 fully saturated rings. The molecule has 3 rings (SSSR count). The van der Waals surface area contributed by atoms with E-state index in [1.165, 1.54) is 23.5 Å². The second-order valence-electron chi connectivity index (χ2n) is 4.48. The molecule has 0 saturated heterocycles. The van der Waals surface area contributed by atoms with E-state index in [0.717, 1.165) is 15.6 Å². The van der Waals surface area contributed by atoms with Crippen LogP contribution in [0.4, 0.5) is 4.39 Å². The minimum atomic E-state index is -0.291. The van der Waals surface area contributed by atoms with Gasteiger partial charge in [0.2, 0.25) is 0 Å². The first-order chi connectivity index (χ1) is 9.63. The van der Waals surface area contributed by atoms with Crippen molar-refractivity contribution in [2.45, 2.75) is 6.42 Å². The van der Waals surface area contributed by atoms with Gasteiger partial charge in [-0.05, 0) is 41.3 Å². The Hall–Kier alpha value is -1.71. The van der Waals surface area contributed by atoms with Gasteiger partial charge in [0, 0.05) is 16.1 Å². The fourth-order valence-corrected chi connectivity index (χ4v) is 3.24. The van der Waals surface area contributed by atoms with E-state index in [1.54, 1.807) is 18.2 Å². The van der Waals surface area contributed by atoms with Crippen LogP contribution in [0.25, 0.3) is 10.1 Å². The first kappa shape index (κ1) is 13.3. The Balaban J connectivity index is 1.91. The van der Waals surface area contributed by atoms with Gasteiger partial charge < -0.3 is 0 Å². The van der Waals surface area contributed by atoms with Crippen LogP contribution in [0.1, 0.15) is 15.2 Å². The van der Waals surface area contributed by atoms with Crippen molar-refractivity contribution in [3.05, 3.63) is 69.8 Å². The van der Waals surface area contributed by atoms with Crippen molar-refractivity contribution in [2.75, 3.05) is 0 Å². The molecule has 2 aromatic carbocycles. The summed E-state index contributed by atoms with van der Waals surface area (Å²) < 4.78 is 14.1. The fraction of sp³-hybridized carbons (Fsp3) is 0.0625. The van der Waals surface area contributed by atoms with Crippen LogP contribution in [0.2, 0.25) is 5.02 Å². The third kappa shape index (κ3) is 2.60. The smallest absolute Gasteiger partial charge is 0.177 e. The predicted octanol–water partition coefficient (Wildman–Crippen LogP) is 5.12. The van der Waals surface area contributed by atoms with E-state index < -0.39 is 0 Å². The van der Waals surface area contributed by atoms with Gasteiger partial charge in [-0.3, -0.25) is 4.79 Å². The zero-order chi connectivity index (χ0) is 14.1. The average Bonchev–Trinajstić information content (AvgIpc) is 2.84. The van der Waals surface area contributed by atoms with Crippen LogP contribution in [-0.4, -0.2) is 5.78 Å². The first-order valence-corrected chi connectivity index (χ1v) is 7.28. The maximum Gasteiger partial charge on any atom is 0.177 e. The van der Waals surface area contributed by atoms with Crippen molar-refractivity contribution < 1.29 is 9.18 Å². The van der Waals surface area contributed by atoms with Crippen molar-refractivity contribution in [3.63, 3.8) is 0 Å². The van der Waals surface area contributed by atoms with Crippen LogP contribution in [0.15, 0.2) is 48.5 Å². The minimum absolute atomic E-state index is 0.000270. The normalized spacial score (nSPS) is 10.9. The molecule has 0 unspecified atom stereocenters. The maximum atomic E-state index is 13.1. The van der Waals surface area contributed by atoms with Crippen LogP contribution >= 0.6 is 22.9 Å². The SMILES string of the molecule is O=C(Cc1ccccc1Cl)c1cc2cc(F)ccc2s1. The lowest BCUT2D eigenvalue weighted by atomic mass is 10.1. The molecule has 0 aliphatic heterocycles. The van der Waals surface area contributed by atoms with E-state index in [0.29, 0.717) is 9.90 Å². The number of carbonyl (C=O) groups excluding carboxylic acids is 1. The molecule has 1 nitrogen and oxygen atoms in total. The lowest BCUT2D eigenvalue weighted by Crippen LogP contribution is -2.01. The third-order valence-electron chi connectivity index (χ3n) is 3.06. The van der Waals surface area contributed by atoms with E-state index >= 15 is 0 Å². The monoisotopic (exact) mass is 304 g/mol. The Morgan fingerprint density at radius 2 is 1.95 bits per heavy atom. The summed E-state index contributed by atoms with van der Waals surface area (Å²) in [6, 6.07) is 13.6. The molecule has 1 aromatic heterocycles. The Labute approximate surface area is 124 Å². The summed E-state index contributed by atoms with van der Waals surface area (Å²) in [5, 5.41) is 1.35. The van der Waals surface area contributed by atoms with Crippen molar-refractivity contribution in [1.82, 2.24) is 0 Å². The Bertz CT molecular complexity index is 794. The van der Waals surface area contributed by atoms with Crippen LogP contribution in [-0.2, 0) is 6.42 Å². The number of hydrogen-bond acceptors (Lipinski definition) is 2. The molecule has 0 spiro atoms. The lowest BCUT2D eigenvalue weighted by Gasteiger charge is -2.01. The van der Waals surface area contributed by atoms with E-state index in [-0.39, 0.29) is 18.0 Å². The Kier molecular flexibility index (Phi) is 3.55. The highest BCUT2D eigenvalue weighted by Gasteiger charge is 2.13. The van der Waals surface area contributed by atoms with Crippen LogP contribution in [0.3, 0.4) is 0 Å². The molecule has 0 N–H and O–H groups in total. The molecule has 0 bridgehead atoms. The number of halogens is 2. The average molecular weight is 305 g/mol. The second-order valence-corrected chi connectivity index (χ2v) is 5.98. The molecule has 0 saturated carbocycles. The van der Waals surface area contributed by atoms with Crippen molar-refractivity contribution >= 4 is 38.8 Å². The van der Waals surface area contributed by atoms with Gasteiger partial charge in [-0.15, -0.1) is 11.3 Å². The second kappa shape index (κ2) is 5.35. The molecular weight excluding hydrogens is 295 g/mol. The summed E-state index contributed by atoms with van der Waals surface area (Å²) in [4.78, 5) is 12.9. The summed E-state index contributed by atoms with van der Waals surface area (Å²) in [6.45, 7) is 0. The first-order valence-electron chi connectivity index (χ1n) is 6.09. The molecule has 3 aromatic rings. The van der Waals surface area contributed by atoms with Gasteiger partial charge in [0.15, 0.2) is 5.78 Å². The largest absolute Gasteiger partial charge is 0.293 e. The van der Waals surface area contributed by atoms with Gasteiger partial charge in [-0.2, -0.15) is 0 Å². The highest BCUT2D eigenvalue weighted by Crippen LogP contribution is 2.28. The number of fused-ring (bicyclic) bond motifs is 1. The molecule has 100 valence electrons. The molecule has 0 aliphatic carbocycles. The van der Waals surface area contributed by atoms with Gasteiger partial charge >= 0.3 is 0 Å². The standard InChI is InChI=1S/C16H10ClFOS/c17-13-4-2-1-3-10(13)8-14(19)16-9-11-7-12(18)5-6-15(11)20-16/h1-7,9H,8H2. The van der Waals surface area contributed by atoms with Gasteiger partial charge in [0.05, 0.1) is 4.88 Å². The topological polar surface area (TPSA) is 17.1 Å². The number of Topliss-reactive ketones (excluding diaryl/α,β-unsaturated/α-hetero) is 1. The van der Waals surface area contributed by atoms with Crippen molar-refractivity contribution in [3.8, 4) is 0 Å². The summed E-state index contributed by atoms with van der Waals surface area (Å²) >= 11 is 7.44. The summed E-state index contributed by atoms with van der Waals surface area (Å²) in [5.74, 6) is -0.292. The van der Waals surface area contributed by atoms with Gasteiger partial charge in [-0.1, -0.05) is 29.8 Å². The van der Waals surface area contributed by atoms with Crippen LogP contribution in [0, 0.1) is 5.82 Å². The Morgan fingerprint density at radius 3 is 2.75 bits per heavy atom. The van der Waals surface area contributed by atoms with Crippen LogP contribution in [0.5, 0.6) is 0 Å². The van der Waals surface area contributed by atoms with Gasteiger partial charge in [-0.25, -0.2) is 4.39 Å². The number of benzene rings is 2. The fourth-order valence-electron chi connectivity index (χ4n) is 2.05. The molecule has 0 radical (unpaired) electrons. The molecule has 4 heteroatoms. The van der Waals surface area contributed by atoms with Gasteiger partial charge in [0.1, 0.15) is 5.82 Å². The van der Waals surface area contributed by atoms with Crippen molar-refractivity contribution in [1.29, 1.82) is 0 Å². The number of thiophene rings is 1. The Morgan fingerprint density at radius 1 is 1.15 bits per heavy atom. The number of hydrogen-bond donors (Lipinski definition) is 0. The molecule has 0 amide bonds. The van der Waals surface area contributed by atoms with E-state index in [2.05, 4.69) is 0 Å². The molecule has 0 atom stereocenters. The van der Waals surface area contributed by atoms with E-state index in [9.17, 15) is 9.18 Å². The third-order valence-corrected chi connectivity index (χ3v) is 4.59. The highest BCUT2D eigenvalue weighted by molar-refractivity contribution is 7.20. The zero-order valence-corrected chi connectivity index (χ0v) is 12.0. The maximum absolute atomic E-state index is 13.1. The molecule has 0 aliphatic rings. The van der Waals surface area contributed by atoms with Crippen molar-refractivity contribution in [2.24, 2.45) is 0 Å². The van der Waals surface area contributed by atoms with E-state index in [4.69, 9.17) is 11.6 Å². The van der Waals surface area contributed by atoms with Crippen LogP contribution < -0.4 is 0 Å². The summed E-state index contributed by atoms with van der Waals surface area (Å²) in [6.07, 6.45) is 0.259. The summed E-state index contributed by atoms with van der Waals surface area (Å²) in [7, 11) is 0. The predicted molar refractivity (Wildman–Crippen MR) is 81.3 cm³/mol. The number of rotatable bonds is 3.